The van der Waals surface area contributed by atoms with Gasteiger partial charge in [-0.25, -0.2) is 4.98 Å². The molecule has 0 atom stereocenters. The van der Waals surface area contributed by atoms with Crippen LogP contribution >= 0.6 is 0 Å². The van der Waals surface area contributed by atoms with Crippen molar-refractivity contribution in [2.24, 2.45) is 0 Å². The van der Waals surface area contributed by atoms with Gasteiger partial charge in [0.05, 0.1) is 27.5 Å². The molecule has 0 fully saturated rings. The van der Waals surface area contributed by atoms with Gasteiger partial charge in [0.25, 0.3) is 0 Å². The fraction of sp³-hybridized carbons (Fsp3) is 0.0175. The Morgan fingerprint density at radius 3 is 1.82 bits per heavy atom. The van der Waals surface area contributed by atoms with E-state index in [4.69, 9.17) is 9.97 Å². The SMILES string of the molecule is C=C/C=c1/c(-c2ccc3ccccc3c2)c2ccc(-c3ccc4c5ccc6cccnc6c5c5nc6ccccc6n5c4c3)cc2c(-c2ccc3ccccc3c2)/c1=C\C. The Hall–Kier alpha value is -7.88. The van der Waals surface area contributed by atoms with Crippen molar-refractivity contribution in [3.8, 4) is 33.4 Å². The number of benzene rings is 9. The lowest BCUT2D eigenvalue weighted by Gasteiger charge is -2.18. The summed E-state index contributed by atoms with van der Waals surface area (Å²) in [6.07, 6.45) is 8.27. The zero-order valence-corrected chi connectivity index (χ0v) is 33.0. The van der Waals surface area contributed by atoms with Crippen molar-refractivity contribution in [1.82, 2.24) is 14.4 Å². The first kappa shape index (κ1) is 34.2. The highest BCUT2D eigenvalue weighted by Crippen LogP contribution is 2.40. The minimum absolute atomic E-state index is 0.923. The molecule has 0 amide bonds. The van der Waals surface area contributed by atoms with E-state index in [0.29, 0.717) is 0 Å². The van der Waals surface area contributed by atoms with Crippen LogP contribution in [0.15, 0.2) is 189 Å². The number of para-hydroxylation sites is 2. The van der Waals surface area contributed by atoms with Crippen molar-refractivity contribution >= 4 is 93.7 Å². The Bertz CT molecular complexity index is 3930. The second-order valence-electron chi connectivity index (χ2n) is 15.7. The predicted octanol–water partition coefficient (Wildman–Crippen LogP) is 13.6. The molecule has 0 bridgehead atoms. The van der Waals surface area contributed by atoms with Crippen LogP contribution in [0.3, 0.4) is 0 Å². The zero-order chi connectivity index (χ0) is 39.9. The summed E-state index contributed by atoms with van der Waals surface area (Å²) in [4.78, 5) is 10.2. The number of pyridine rings is 2. The third-order valence-electron chi connectivity index (χ3n) is 12.5. The van der Waals surface area contributed by atoms with E-state index in [1.807, 2.05) is 18.3 Å². The molecule has 0 saturated heterocycles. The largest absolute Gasteiger partial charge is 0.292 e. The molecule has 12 aromatic rings. The van der Waals surface area contributed by atoms with Gasteiger partial charge in [-0.15, -0.1) is 0 Å². The number of imidazole rings is 1. The number of allylic oxidation sites excluding steroid dienone is 1. The van der Waals surface area contributed by atoms with Gasteiger partial charge in [-0.2, -0.15) is 0 Å². The summed E-state index contributed by atoms with van der Waals surface area (Å²) >= 11 is 0. The number of rotatable bonds is 4. The van der Waals surface area contributed by atoms with E-state index in [0.717, 1.165) is 55.0 Å². The molecular weight excluding hydrogens is 727 g/mol. The van der Waals surface area contributed by atoms with Crippen molar-refractivity contribution in [3.05, 3.63) is 199 Å². The summed E-state index contributed by atoms with van der Waals surface area (Å²) in [6.45, 7) is 6.37. The highest BCUT2D eigenvalue weighted by molar-refractivity contribution is 6.22. The van der Waals surface area contributed by atoms with Crippen LogP contribution in [-0.4, -0.2) is 14.4 Å². The first-order valence-corrected chi connectivity index (χ1v) is 20.5. The maximum absolute atomic E-state index is 5.26. The summed E-state index contributed by atoms with van der Waals surface area (Å²) in [5.74, 6) is 0. The van der Waals surface area contributed by atoms with E-state index in [9.17, 15) is 0 Å². The van der Waals surface area contributed by atoms with Gasteiger partial charge in [0.2, 0.25) is 0 Å². The topological polar surface area (TPSA) is 30.2 Å². The van der Waals surface area contributed by atoms with Crippen LogP contribution < -0.4 is 10.4 Å². The first-order valence-electron chi connectivity index (χ1n) is 20.5. The van der Waals surface area contributed by atoms with Crippen molar-refractivity contribution in [2.45, 2.75) is 6.92 Å². The maximum atomic E-state index is 5.26. The van der Waals surface area contributed by atoms with Gasteiger partial charge >= 0.3 is 0 Å². The van der Waals surface area contributed by atoms with Gasteiger partial charge in [-0.1, -0.05) is 152 Å². The summed E-state index contributed by atoms with van der Waals surface area (Å²) in [5.41, 5.74) is 12.1. The predicted molar refractivity (Wildman–Crippen MR) is 256 cm³/mol. The minimum atomic E-state index is 0.923. The highest BCUT2D eigenvalue weighted by Gasteiger charge is 2.19. The second-order valence-corrected chi connectivity index (χ2v) is 15.7. The third-order valence-corrected chi connectivity index (χ3v) is 12.5. The van der Waals surface area contributed by atoms with E-state index in [-0.39, 0.29) is 0 Å². The van der Waals surface area contributed by atoms with Crippen LogP contribution in [0.5, 0.6) is 0 Å². The monoisotopic (exact) mass is 763 g/mol. The minimum Gasteiger partial charge on any atom is -0.292 e. The zero-order valence-electron chi connectivity index (χ0n) is 33.0. The van der Waals surface area contributed by atoms with E-state index in [1.54, 1.807) is 0 Å². The molecule has 280 valence electrons. The van der Waals surface area contributed by atoms with Crippen LogP contribution in [0.1, 0.15) is 6.92 Å². The van der Waals surface area contributed by atoms with E-state index >= 15 is 0 Å². The Balaban J connectivity index is 1.19. The average molecular weight is 764 g/mol. The van der Waals surface area contributed by atoms with Gasteiger partial charge in [0.1, 0.15) is 5.65 Å². The molecule has 3 nitrogen and oxygen atoms in total. The van der Waals surface area contributed by atoms with Crippen molar-refractivity contribution < 1.29 is 0 Å². The molecule has 0 saturated carbocycles. The van der Waals surface area contributed by atoms with E-state index < -0.39 is 0 Å². The fourth-order valence-corrected chi connectivity index (χ4v) is 9.77. The number of hydrogen-bond acceptors (Lipinski definition) is 2. The Morgan fingerprint density at radius 1 is 0.483 bits per heavy atom. The Labute approximate surface area is 346 Å². The molecule has 0 aliphatic heterocycles. The molecule has 0 aliphatic rings. The number of nitrogens with zero attached hydrogens (tertiary/aromatic N) is 3. The Morgan fingerprint density at radius 2 is 1.08 bits per heavy atom. The first-order chi connectivity index (χ1) is 29.7. The van der Waals surface area contributed by atoms with Gasteiger partial charge in [-0.05, 0) is 131 Å². The smallest absolute Gasteiger partial charge is 0.148 e. The summed E-state index contributed by atoms with van der Waals surface area (Å²) in [7, 11) is 0. The number of fused-ring (bicyclic) bond motifs is 13. The van der Waals surface area contributed by atoms with Crippen LogP contribution in [0.4, 0.5) is 0 Å². The quantitative estimate of drug-likeness (QED) is 0.167. The molecule has 0 aliphatic carbocycles. The van der Waals surface area contributed by atoms with Crippen molar-refractivity contribution in [3.63, 3.8) is 0 Å². The van der Waals surface area contributed by atoms with Crippen LogP contribution in [0.25, 0.3) is 127 Å². The highest BCUT2D eigenvalue weighted by atomic mass is 15.0. The molecule has 0 spiro atoms. The molecular formula is C57H37N3. The van der Waals surface area contributed by atoms with Gasteiger partial charge in [0, 0.05) is 17.0 Å². The summed E-state index contributed by atoms with van der Waals surface area (Å²) in [6, 6.07) is 61.9. The lowest BCUT2D eigenvalue weighted by Crippen LogP contribution is -2.29. The fourth-order valence-electron chi connectivity index (χ4n) is 9.77. The summed E-state index contributed by atoms with van der Waals surface area (Å²) in [5, 5.41) is 14.1. The van der Waals surface area contributed by atoms with E-state index in [1.165, 1.54) is 70.4 Å². The standard InChI is InChI=1S/C57H37N3/c1-3-12-46-44(4-2)53(42-22-20-35-13-5-7-15-38(35)31-42)49-33-40(26-29-48(49)54(46)43-23-21-36-14-6-8-16-39(36)32-43)41-25-27-45-47-28-24-37-17-11-30-58-56(37)55(47)57-59-50-18-9-10-19-51(50)60(57)52(45)34-41/h3-34H,1H2,2H3/b44-4-,46-12+. The average Bonchev–Trinajstić information content (AvgIpc) is 3.70. The molecule has 3 heteroatoms. The normalized spacial score (nSPS) is 12.7. The molecule has 0 N–H and O–H groups in total. The van der Waals surface area contributed by atoms with Gasteiger partial charge in [0.15, 0.2) is 0 Å². The molecule has 0 radical (unpaired) electrons. The molecule has 60 heavy (non-hydrogen) atoms. The van der Waals surface area contributed by atoms with E-state index in [2.05, 4.69) is 194 Å². The van der Waals surface area contributed by atoms with Crippen molar-refractivity contribution in [1.29, 1.82) is 0 Å². The van der Waals surface area contributed by atoms with Gasteiger partial charge < -0.3 is 0 Å². The van der Waals surface area contributed by atoms with Crippen LogP contribution in [0.2, 0.25) is 0 Å². The Kier molecular flexibility index (Phi) is 7.60. The van der Waals surface area contributed by atoms with Gasteiger partial charge in [-0.3, -0.25) is 9.38 Å². The lowest BCUT2D eigenvalue weighted by molar-refractivity contribution is 1.31. The number of aromatic nitrogens is 3. The molecule has 3 heterocycles. The molecule has 12 rings (SSSR count). The maximum Gasteiger partial charge on any atom is 0.148 e. The molecule has 3 aromatic heterocycles. The second kappa shape index (κ2) is 13.3. The molecule has 9 aromatic carbocycles. The molecule has 0 unspecified atom stereocenters. The number of hydrogen-bond donors (Lipinski definition) is 0. The van der Waals surface area contributed by atoms with Crippen LogP contribution in [-0.2, 0) is 0 Å². The van der Waals surface area contributed by atoms with Crippen molar-refractivity contribution in [2.75, 3.05) is 0 Å². The summed E-state index contributed by atoms with van der Waals surface area (Å²) < 4.78 is 2.34. The lowest BCUT2D eigenvalue weighted by atomic mass is 9.85. The van der Waals surface area contributed by atoms with Crippen LogP contribution in [0, 0.1) is 0 Å². The third kappa shape index (κ3) is 5.09.